The maximum Gasteiger partial charge on any atom is 0.145 e. The highest BCUT2D eigenvalue weighted by Crippen LogP contribution is 2.20. The van der Waals surface area contributed by atoms with Gasteiger partial charge in [-0.2, -0.15) is 0 Å². The number of pyridine rings is 1. The van der Waals surface area contributed by atoms with Crippen LogP contribution < -0.4 is 10.5 Å². The molecule has 0 aliphatic carbocycles. The molecular weight excluding hydrogens is 212 g/mol. The van der Waals surface area contributed by atoms with E-state index >= 15 is 0 Å². The van der Waals surface area contributed by atoms with Crippen molar-refractivity contribution in [3.8, 4) is 11.5 Å². The zero-order chi connectivity index (χ0) is 12.1. The van der Waals surface area contributed by atoms with Crippen LogP contribution in [0.15, 0.2) is 42.6 Å². The summed E-state index contributed by atoms with van der Waals surface area (Å²) >= 11 is 0. The van der Waals surface area contributed by atoms with Crippen LogP contribution >= 0.6 is 0 Å². The molecular formula is C14H16N2O. The van der Waals surface area contributed by atoms with Crippen molar-refractivity contribution in [1.29, 1.82) is 0 Å². The van der Waals surface area contributed by atoms with Gasteiger partial charge in [0.05, 0.1) is 6.20 Å². The van der Waals surface area contributed by atoms with Crippen LogP contribution in [0.5, 0.6) is 11.5 Å². The minimum absolute atomic E-state index is 0.669. The molecule has 0 unspecified atom stereocenters. The molecule has 0 spiro atoms. The van der Waals surface area contributed by atoms with Gasteiger partial charge in [0.15, 0.2) is 0 Å². The Bertz CT molecular complexity index is 463. The van der Waals surface area contributed by atoms with Crippen molar-refractivity contribution >= 4 is 0 Å². The molecule has 0 aliphatic rings. The molecule has 0 aliphatic heterocycles. The van der Waals surface area contributed by atoms with E-state index in [0.29, 0.717) is 6.54 Å². The van der Waals surface area contributed by atoms with E-state index in [2.05, 4.69) is 4.98 Å². The maximum absolute atomic E-state index is 5.67. The summed E-state index contributed by atoms with van der Waals surface area (Å²) in [4.78, 5) is 4.18. The number of aryl methyl sites for hydroxylation is 1. The zero-order valence-corrected chi connectivity index (χ0v) is 9.89. The molecule has 1 aromatic heterocycles. The second kappa shape index (κ2) is 5.46. The van der Waals surface area contributed by atoms with Gasteiger partial charge in [0, 0.05) is 5.69 Å². The van der Waals surface area contributed by atoms with E-state index in [4.69, 9.17) is 10.5 Å². The Balaban J connectivity index is 2.05. The lowest BCUT2D eigenvalue weighted by Gasteiger charge is -2.06. The molecule has 88 valence electrons. The van der Waals surface area contributed by atoms with Crippen molar-refractivity contribution in [1.82, 2.24) is 4.98 Å². The molecule has 0 saturated heterocycles. The summed E-state index contributed by atoms with van der Waals surface area (Å²) < 4.78 is 5.67. The molecule has 3 nitrogen and oxygen atoms in total. The van der Waals surface area contributed by atoms with Crippen LogP contribution in [0.1, 0.15) is 11.3 Å². The van der Waals surface area contributed by atoms with Crippen molar-refractivity contribution < 1.29 is 4.74 Å². The van der Waals surface area contributed by atoms with E-state index < -0.39 is 0 Å². The molecule has 0 radical (unpaired) electrons. The molecule has 0 saturated carbocycles. The molecule has 2 N–H and O–H groups in total. The Kier molecular flexibility index (Phi) is 3.73. The fourth-order valence-electron chi connectivity index (χ4n) is 1.54. The topological polar surface area (TPSA) is 48.1 Å². The SMILES string of the molecule is Cc1ccc(Oc2ccc(CCN)cc2)cn1. The number of nitrogens with two attached hydrogens (primary N) is 1. The highest BCUT2D eigenvalue weighted by Gasteiger charge is 1.98. The van der Waals surface area contributed by atoms with E-state index in [1.54, 1.807) is 6.20 Å². The Hall–Kier alpha value is -1.87. The van der Waals surface area contributed by atoms with Crippen molar-refractivity contribution in [3.05, 3.63) is 53.9 Å². The fraction of sp³-hybridized carbons (Fsp3) is 0.214. The molecule has 0 amide bonds. The Morgan fingerprint density at radius 3 is 2.35 bits per heavy atom. The quantitative estimate of drug-likeness (QED) is 0.875. The summed E-state index contributed by atoms with van der Waals surface area (Å²) in [5, 5.41) is 0. The molecule has 0 atom stereocenters. The first-order valence-electron chi connectivity index (χ1n) is 5.67. The number of benzene rings is 1. The summed E-state index contributed by atoms with van der Waals surface area (Å²) in [7, 11) is 0. The summed E-state index contributed by atoms with van der Waals surface area (Å²) in [5.74, 6) is 1.57. The number of aromatic nitrogens is 1. The zero-order valence-electron chi connectivity index (χ0n) is 9.89. The minimum atomic E-state index is 0.669. The Morgan fingerprint density at radius 1 is 1.06 bits per heavy atom. The number of nitrogens with zero attached hydrogens (tertiary/aromatic N) is 1. The van der Waals surface area contributed by atoms with Crippen molar-refractivity contribution in [2.24, 2.45) is 5.73 Å². The third-order valence-electron chi connectivity index (χ3n) is 2.48. The van der Waals surface area contributed by atoms with Crippen LogP contribution in [0.3, 0.4) is 0 Å². The first kappa shape index (κ1) is 11.6. The van der Waals surface area contributed by atoms with E-state index in [9.17, 15) is 0 Å². The van der Waals surface area contributed by atoms with Gasteiger partial charge in [0.25, 0.3) is 0 Å². The van der Waals surface area contributed by atoms with E-state index in [1.807, 2.05) is 43.3 Å². The van der Waals surface area contributed by atoms with Crippen LogP contribution in [0, 0.1) is 6.92 Å². The average Bonchev–Trinajstić information content (AvgIpc) is 2.35. The van der Waals surface area contributed by atoms with E-state index in [0.717, 1.165) is 23.6 Å². The van der Waals surface area contributed by atoms with Crippen LogP contribution in [0.2, 0.25) is 0 Å². The first-order valence-corrected chi connectivity index (χ1v) is 5.67. The summed E-state index contributed by atoms with van der Waals surface area (Å²) in [6.45, 7) is 2.62. The van der Waals surface area contributed by atoms with Gasteiger partial charge in [-0.25, -0.2) is 0 Å². The number of ether oxygens (including phenoxy) is 1. The second-order valence-corrected chi connectivity index (χ2v) is 3.92. The van der Waals surface area contributed by atoms with Crippen LogP contribution in [0.4, 0.5) is 0 Å². The maximum atomic E-state index is 5.67. The molecule has 3 heteroatoms. The van der Waals surface area contributed by atoms with Gasteiger partial charge in [-0.1, -0.05) is 12.1 Å². The molecule has 1 aromatic carbocycles. The molecule has 0 bridgehead atoms. The lowest BCUT2D eigenvalue weighted by molar-refractivity contribution is 0.479. The van der Waals surface area contributed by atoms with Crippen LogP contribution in [0.25, 0.3) is 0 Å². The van der Waals surface area contributed by atoms with Crippen molar-refractivity contribution in [3.63, 3.8) is 0 Å². The van der Waals surface area contributed by atoms with E-state index in [-0.39, 0.29) is 0 Å². The Morgan fingerprint density at radius 2 is 1.76 bits per heavy atom. The van der Waals surface area contributed by atoms with Gasteiger partial charge in [-0.3, -0.25) is 4.98 Å². The van der Waals surface area contributed by atoms with Crippen LogP contribution in [-0.4, -0.2) is 11.5 Å². The molecule has 0 fully saturated rings. The minimum Gasteiger partial charge on any atom is -0.456 e. The standard InChI is InChI=1S/C14H16N2O/c1-11-2-5-14(10-16-11)17-13-6-3-12(4-7-13)8-9-15/h2-7,10H,8-9,15H2,1H3. The lowest BCUT2D eigenvalue weighted by atomic mass is 10.1. The highest BCUT2D eigenvalue weighted by molar-refractivity contribution is 5.32. The van der Waals surface area contributed by atoms with Gasteiger partial charge in [-0.15, -0.1) is 0 Å². The predicted molar refractivity (Wildman–Crippen MR) is 68.2 cm³/mol. The van der Waals surface area contributed by atoms with Gasteiger partial charge in [0.1, 0.15) is 11.5 Å². The number of hydrogen-bond acceptors (Lipinski definition) is 3. The average molecular weight is 228 g/mol. The largest absolute Gasteiger partial charge is 0.456 e. The smallest absolute Gasteiger partial charge is 0.145 e. The summed E-state index contributed by atoms with van der Waals surface area (Å²) in [5.41, 5.74) is 7.70. The normalized spacial score (nSPS) is 10.2. The third-order valence-corrected chi connectivity index (χ3v) is 2.48. The lowest BCUT2D eigenvalue weighted by Crippen LogP contribution is -2.02. The van der Waals surface area contributed by atoms with Crippen molar-refractivity contribution in [2.45, 2.75) is 13.3 Å². The Labute approximate surface area is 101 Å². The summed E-state index contributed by atoms with van der Waals surface area (Å²) in [6, 6.07) is 11.8. The predicted octanol–water partition coefficient (Wildman–Crippen LogP) is 2.68. The van der Waals surface area contributed by atoms with Crippen molar-refractivity contribution in [2.75, 3.05) is 6.54 Å². The third kappa shape index (κ3) is 3.29. The second-order valence-electron chi connectivity index (χ2n) is 3.92. The van der Waals surface area contributed by atoms with Gasteiger partial charge in [0.2, 0.25) is 0 Å². The van der Waals surface area contributed by atoms with Crippen LogP contribution in [-0.2, 0) is 6.42 Å². The highest BCUT2D eigenvalue weighted by atomic mass is 16.5. The fourth-order valence-corrected chi connectivity index (χ4v) is 1.54. The molecule has 1 heterocycles. The first-order chi connectivity index (χ1) is 8.28. The summed E-state index contributed by atoms with van der Waals surface area (Å²) in [6.07, 6.45) is 2.62. The molecule has 2 aromatic rings. The van der Waals surface area contributed by atoms with Gasteiger partial charge >= 0.3 is 0 Å². The molecule has 17 heavy (non-hydrogen) atoms. The number of rotatable bonds is 4. The monoisotopic (exact) mass is 228 g/mol. The van der Waals surface area contributed by atoms with Gasteiger partial charge in [-0.05, 0) is 49.7 Å². The van der Waals surface area contributed by atoms with E-state index in [1.165, 1.54) is 5.56 Å². The number of hydrogen-bond donors (Lipinski definition) is 1. The van der Waals surface area contributed by atoms with Gasteiger partial charge < -0.3 is 10.5 Å². The molecule has 2 rings (SSSR count).